The number of hydrogen-bond acceptors (Lipinski definition) is 8. The Hall–Kier alpha value is -4.17. The van der Waals surface area contributed by atoms with Crippen molar-refractivity contribution < 1.29 is 33.3 Å². The number of carbonyl (C=O) groups is 1. The van der Waals surface area contributed by atoms with Gasteiger partial charge in [-0.05, 0) is 35.4 Å². The fraction of sp³-hybridized carbons (Fsp3) is 0.185. The molecule has 0 saturated heterocycles. The predicted molar refractivity (Wildman–Crippen MR) is 133 cm³/mol. The Morgan fingerprint density at radius 1 is 0.972 bits per heavy atom. The molecular weight excluding hydrogens is 488 g/mol. The molecule has 8 nitrogen and oxygen atoms in total. The molecule has 0 spiro atoms. The first-order valence-electron chi connectivity index (χ1n) is 10.9. The van der Waals surface area contributed by atoms with E-state index in [2.05, 4.69) is 0 Å². The lowest BCUT2D eigenvalue weighted by molar-refractivity contribution is -0.135. The van der Waals surface area contributed by atoms with Gasteiger partial charge >= 0.3 is 5.97 Å². The first kappa shape index (κ1) is 23.6. The van der Waals surface area contributed by atoms with Gasteiger partial charge in [0.25, 0.3) is 0 Å². The maximum absolute atomic E-state index is 13.5. The second-order valence-electron chi connectivity index (χ2n) is 8.19. The van der Waals surface area contributed by atoms with E-state index in [1.807, 2.05) is 0 Å². The van der Waals surface area contributed by atoms with Gasteiger partial charge in [0.1, 0.15) is 28.7 Å². The number of fused-ring (bicyclic) bond motifs is 3. The maximum atomic E-state index is 13.5. The molecule has 9 heteroatoms. The van der Waals surface area contributed by atoms with Crippen LogP contribution in [0.4, 0.5) is 0 Å². The van der Waals surface area contributed by atoms with Crippen molar-refractivity contribution in [3.8, 4) is 39.9 Å². The number of hydrogen-bond donors (Lipinski definition) is 1. The smallest absolute Gasteiger partial charge is 0.312 e. The van der Waals surface area contributed by atoms with Gasteiger partial charge in [0.15, 0.2) is 11.5 Å². The number of phenolic OH excluding ortho intramolecular Hbond substituents is 1. The molecule has 0 radical (unpaired) electrons. The van der Waals surface area contributed by atoms with Crippen molar-refractivity contribution in [2.75, 3.05) is 21.3 Å². The van der Waals surface area contributed by atoms with Crippen LogP contribution < -0.4 is 24.4 Å². The third kappa shape index (κ3) is 3.79. The van der Waals surface area contributed by atoms with Crippen molar-refractivity contribution in [3.63, 3.8) is 0 Å². The summed E-state index contributed by atoms with van der Waals surface area (Å²) in [4.78, 5) is 26.0. The van der Waals surface area contributed by atoms with Gasteiger partial charge in [-0.2, -0.15) is 0 Å². The average molecular weight is 509 g/mol. The number of ether oxygens (including phenoxy) is 4. The lowest BCUT2D eigenvalue weighted by atomic mass is 9.84. The molecule has 1 N–H and O–H groups in total. The van der Waals surface area contributed by atoms with Crippen LogP contribution in [0.1, 0.15) is 23.5 Å². The Morgan fingerprint density at radius 3 is 2.25 bits per heavy atom. The van der Waals surface area contributed by atoms with Crippen LogP contribution in [-0.4, -0.2) is 32.4 Å². The van der Waals surface area contributed by atoms with Crippen molar-refractivity contribution in [1.82, 2.24) is 0 Å². The number of esters is 1. The van der Waals surface area contributed by atoms with Gasteiger partial charge in [0.2, 0.25) is 11.2 Å². The fourth-order valence-corrected chi connectivity index (χ4v) is 4.67. The van der Waals surface area contributed by atoms with Gasteiger partial charge in [0.05, 0.1) is 33.3 Å². The summed E-state index contributed by atoms with van der Waals surface area (Å²) in [5.74, 6) is -0.118. The molecular formula is C27H21ClO8. The minimum atomic E-state index is -0.581. The van der Waals surface area contributed by atoms with Crippen LogP contribution in [-0.2, 0) is 4.79 Å². The molecule has 0 bridgehead atoms. The van der Waals surface area contributed by atoms with E-state index in [0.29, 0.717) is 39.0 Å². The summed E-state index contributed by atoms with van der Waals surface area (Å²) in [5, 5.41) is 11.3. The Kier molecular flexibility index (Phi) is 5.97. The summed E-state index contributed by atoms with van der Waals surface area (Å²) in [6.07, 6.45) is 1.30. The molecule has 1 aromatic heterocycles. The second-order valence-corrected chi connectivity index (χ2v) is 8.62. The third-order valence-corrected chi connectivity index (χ3v) is 6.47. The van der Waals surface area contributed by atoms with Crippen LogP contribution in [0, 0.1) is 0 Å². The minimum absolute atomic E-state index is 0.0170. The van der Waals surface area contributed by atoms with Gasteiger partial charge in [0, 0.05) is 22.6 Å². The van der Waals surface area contributed by atoms with Crippen LogP contribution in [0.15, 0.2) is 57.9 Å². The van der Waals surface area contributed by atoms with E-state index in [9.17, 15) is 14.7 Å². The summed E-state index contributed by atoms with van der Waals surface area (Å²) in [5.41, 5.74) is 1.64. The molecule has 1 atom stereocenters. The molecule has 0 fully saturated rings. The highest BCUT2D eigenvalue weighted by Gasteiger charge is 2.34. The van der Waals surface area contributed by atoms with Crippen molar-refractivity contribution in [1.29, 1.82) is 0 Å². The van der Waals surface area contributed by atoms with Crippen LogP contribution >= 0.6 is 11.6 Å². The SMILES string of the molecule is COc1cc(C2CC(=O)Oc3cc(O)c4c(=O)c(-c5ccc(Cl)cc5)coc4c32)cc(OC)c1OC. The molecule has 0 aliphatic carbocycles. The van der Waals surface area contributed by atoms with E-state index in [4.69, 9.17) is 35.0 Å². The molecule has 1 unspecified atom stereocenters. The normalized spacial score (nSPS) is 14.8. The van der Waals surface area contributed by atoms with Crippen LogP contribution in [0.25, 0.3) is 22.1 Å². The third-order valence-electron chi connectivity index (χ3n) is 6.22. The van der Waals surface area contributed by atoms with Crippen molar-refractivity contribution in [2.45, 2.75) is 12.3 Å². The Balaban J connectivity index is 1.76. The topological polar surface area (TPSA) is 104 Å². The van der Waals surface area contributed by atoms with Crippen LogP contribution in [0.3, 0.4) is 0 Å². The number of halogens is 1. The van der Waals surface area contributed by atoms with Gasteiger partial charge in [-0.3, -0.25) is 9.59 Å². The lowest BCUT2D eigenvalue weighted by Gasteiger charge is -2.27. The number of carbonyl (C=O) groups excluding carboxylic acids is 1. The summed E-state index contributed by atoms with van der Waals surface area (Å²) in [6, 6.07) is 11.4. The first-order chi connectivity index (χ1) is 17.4. The largest absolute Gasteiger partial charge is 0.507 e. The van der Waals surface area contributed by atoms with E-state index in [1.54, 1.807) is 36.4 Å². The quantitative estimate of drug-likeness (QED) is 0.286. The Morgan fingerprint density at radius 2 is 1.64 bits per heavy atom. The zero-order valence-corrected chi connectivity index (χ0v) is 20.3. The van der Waals surface area contributed by atoms with Gasteiger partial charge < -0.3 is 28.5 Å². The number of rotatable bonds is 5. The molecule has 4 aromatic rings. The van der Waals surface area contributed by atoms with Crippen molar-refractivity contribution in [3.05, 3.63) is 75.1 Å². The molecule has 184 valence electrons. The van der Waals surface area contributed by atoms with E-state index in [0.717, 1.165) is 0 Å². The zero-order chi connectivity index (χ0) is 25.6. The summed E-state index contributed by atoms with van der Waals surface area (Å²) in [6.45, 7) is 0. The summed E-state index contributed by atoms with van der Waals surface area (Å²) >= 11 is 5.98. The molecule has 3 aromatic carbocycles. The van der Waals surface area contributed by atoms with Gasteiger partial charge in [-0.15, -0.1) is 0 Å². The zero-order valence-electron chi connectivity index (χ0n) is 19.6. The first-order valence-corrected chi connectivity index (χ1v) is 11.3. The van der Waals surface area contributed by atoms with E-state index < -0.39 is 17.3 Å². The number of phenols is 1. The highest BCUT2D eigenvalue weighted by molar-refractivity contribution is 6.30. The van der Waals surface area contributed by atoms with Crippen LogP contribution in [0.2, 0.25) is 5.02 Å². The van der Waals surface area contributed by atoms with Gasteiger partial charge in [-0.1, -0.05) is 23.7 Å². The maximum Gasteiger partial charge on any atom is 0.312 e. The van der Waals surface area contributed by atoms with E-state index in [1.165, 1.54) is 33.7 Å². The fourth-order valence-electron chi connectivity index (χ4n) is 4.55. The molecule has 1 aliphatic heterocycles. The van der Waals surface area contributed by atoms with Gasteiger partial charge in [-0.25, -0.2) is 0 Å². The number of aromatic hydroxyl groups is 1. The van der Waals surface area contributed by atoms with Crippen LogP contribution in [0.5, 0.6) is 28.7 Å². The minimum Gasteiger partial charge on any atom is -0.507 e. The van der Waals surface area contributed by atoms with E-state index >= 15 is 0 Å². The Labute approximate surface area is 210 Å². The molecule has 2 heterocycles. The standard InChI is InChI=1S/C27H21ClO8/c1-32-20-8-14(9-21(33-2)26(20)34-3)16-10-22(30)36-19-11-18(29)24-25(31)17(12-35-27(24)23(16)19)13-4-6-15(28)7-5-13/h4-9,11-12,16,29H,10H2,1-3H3. The summed E-state index contributed by atoms with van der Waals surface area (Å²) < 4.78 is 27.8. The predicted octanol–water partition coefficient (Wildman–Crippen LogP) is 5.29. The van der Waals surface area contributed by atoms with Crippen molar-refractivity contribution >= 4 is 28.5 Å². The lowest BCUT2D eigenvalue weighted by Crippen LogP contribution is -2.22. The Bertz CT molecular complexity index is 1530. The second kappa shape index (κ2) is 9.13. The molecule has 1 aliphatic rings. The molecule has 0 saturated carbocycles. The average Bonchev–Trinajstić information content (AvgIpc) is 2.87. The number of methoxy groups -OCH3 is 3. The summed E-state index contributed by atoms with van der Waals surface area (Å²) in [7, 11) is 4.49. The monoisotopic (exact) mass is 508 g/mol. The highest BCUT2D eigenvalue weighted by atomic mass is 35.5. The number of benzene rings is 3. The molecule has 5 rings (SSSR count). The van der Waals surface area contributed by atoms with Crippen molar-refractivity contribution in [2.24, 2.45) is 0 Å². The highest BCUT2D eigenvalue weighted by Crippen LogP contribution is 2.48. The molecule has 36 heavy (non-hydrogen) atoms. The molecule has 0 amide bonds. The van der Waals surface area contributed by atoms with E-state index in [-0.39, 0.29) is 34.5 Å².